The number of benzene rings is 2. The highest BCUT2D eigenvalue weighted by Crippen LogP contribution is 2.18. The first kappa shape index (κ1) is 16.9. The van der Waals surface area contributed by atoms with Crippen molar-refractivity contribution >= 4 is 23.7 Å². The SMILES string of the molecule is COc1ccccc1/C=C/NC(=O)NCCc1cccc(Cl)c1. The number of methoxy groups -OCH3 is 1. The lowest BCUT2D eigenvalue weighted by atomic mass is 10.1. The molecule has 2 amide bonds. The molecule has 2 aromatic carbocycles. The van der Waals surface area contributed by atoms with Crippen LogP contribution in [0.15, 0.2) is 54.7 Å². The topological polar surface area (TPSA) is 50.4 Å². The first-order valence-electron chi connectivity index (χ1n) is 7.27. The van der Waals surface area contributed by atoms with Gasteiger partial charge in [0, 0.05) is 23.3 Å². The fourth-order valence-corrected chi connectivity index (χ4v) is 2.29. The summed E-state index contributed by atoms with van der Waals surface area (Å²) < 4.78 is 5.24. The predicted molar refractivity (Wildman–Crippen MR) is 93.7 cm³/mol. The molecule has 0 fully saturated rings. The quantitative estimate of drug-likeness (QED) is 0.845. The van der Waals surface area contributed by atoms with Crippen LogP contribution in [0.1, 0.15) is 11.1 Å². The maximum Gasteiger partial charge on any atom is 0.318 e. The molecule has 4 nitrogen and oxygen atoms in total. The van der Waals surface area contributed by atoms with E-state index in [-0.39, 0.29) is 6.03 Å². The third-order valence-corrected chi connectivity index (χ3v) is 3.44. The summed E-state index contributed by atoms with van der Waals surface area (Å²) in [6.45, 7) is 0.536. The number of amides is 2. The fourth-order valence-electron chi connectivity index (χ4n) is 2.08. The minimum absolute atomic E-state index is 0.252. The molecule has 0 spiro atoms. The van der Waals surface area contributed by atoms with Gasteiger partial charge in [-0.15, -0.1) is 0 Å². The lowest BCUT2D eigenvalue weighted by molar-refractivity contribution is 0.244. The molecule has 0 bridgehead atoms. The number of carbonyl (C=O) groups excluding carboxylic acids is 1. The van der Waals surface area contributed by atoms with E-state index in [9.17, 15) is 4.79 Å². The van der Waals surface area contributed by atoms with Crippen LogP contribution >= 0.6 is 11.6 Å². The fraction of sp³-hybridized carbons (Fsp3) is 0.167. The number of urea groups is 1. The average molecular weight is 331 g/mol. The number of para-hydroxylation sites is 1. The maximum atomic E-state index is 11.7. The average Bonchev–Trinajstić information content (AvgIpc) is 2.55. The zero-order chi connectivity index (χ0) is 16.5. The Balaban J connectivity index is 1.75. The summed E-state index contributed by atoms with van der Waals surface area (Å²) in [5.41, 5.74) is 1.98. The number of nitrogens with one attached hydrogen (secondary N) is 2. The van der Waals surface area contributed by atoms with E-state index >= 15 is 0 Å². The molecule has 120 valence electrons. The van der Waals surface area contributed by atoms with Gasteiger partial charge in [-0.3, -0.25) is 0 Å². The van der Waals surface area contributed by atoms with Crippen LogP contribution < -0.4 is 15.4 Å². The minimum atomic E-state index is -0.252. The van der Waals surface area contributed by atoms with Gasteiger partial charge < -0.3 is 15.4 Å². The summed E-state index contributed by atoms with van der Waals surface area (Å²) in [5.74, 6) is 0.756. The molecule has 0 aliphatic rings. The highest BCUT2D eigenvalue weighted by atomic mass is 35.5. The van der Waals surface area contributed by atoms with Crippen molar-refractivity contribution in [3.05, 3.63) is 70.9 Å². The molecular weight excluding hydrogens is 312 g/mol. The van der Waals surface area contributed by atoms with Crippen LogP contribution in [-0.4, -0.2) is 19.7 Å². The normalized spacial score (nSPS) is 10.5. The number of hydrogen-bond acceptors (Lipinski definition) is 2. The molecule has 2 N–H and O–H groups in total. The highest BCUT2D eigenvalue weighted by molar-refractivity contribution is 6.30. The second-order valence-electron chi connectivity index (χ2n) is 4.86. The van der Waals surface area contributed by atoms with Gasteiger partial charge in [0.05, 0.1) is 7.11 Å². The van der Waals surface area contributed by atoms with Gasteiger partial charge in [-0.05, 0) is 36.3 Å². The van der Waals surface area contributed by atoms with Crippen molar-refractivity contribution in [3.63, 3.8) is 0 Å². The van der Waals surface area contributed by atoms with Gasteiger partial charge in [0.1, 0.15) is 5.75 Å². The molecule has 0 saturated heterocycles. The Morgan fingerprint density at radius 2 is 2.04 bits per heavy atom. The molecule has 23 heavy (non-hydrogen) atoms. The molecule has 0 unspecified atom stereocenters. The molecule has 0 aromatic heterocycles. The van der Waals surface area contributed by atoms with Gasteiger partial charge in [0.25, 0.3) is 0 Å². The van der Waals surface area contributed by atoms with Gasteiger partial charge in [0.2, 0.25) is 0 Å². The third-order valence-electron chi connectivity index (χ3n) is 3.20. The second-order valence-corrected chi connectivity index (χ2v) is 5.29. The van der Waals surface area contributed by atoms with E-state index in [1.807, 2.05) is 48.5 Å². The first-order chi connectivity index (χ1) is 11.2. The Labute approximate surface area is 141 Å². The van der Waals surface area contributed by atoms with Crippen molar-refractivity contribution in [2.75, 3.05) is 13.7 Å². The van der Waals surface area contributed by atoms with Crippen LogP contribution in [0.5, 0.6) is 5.75 Å². The number of hydrogen-bond donors (Lipinski definition) is 2. The van der Waals surface area contributed by atoms with Crippen LogP contribution in [0.4, 0.5) is 4.79 Å². The van der Waals surface area contributed by atoms with Crippen LogP contribution in [0.25, 0.3) is 6.08 Å². The molecule has 5 heteroatoms. The smallest absolute Gasteiger partial charge is 0.318 e. The van der Waals surface area contributed by atoms with Gasteiger partial charge in [-0.25, -0.2) is 4.79 Å². The summed E-state index contributed by atoms with van der Waals surface area (Å²) in [4.78, 5) is 11.7. The van der Waals surface area contributed by atoms with Gasteiger partial charge in [-0.2, -0.15) is 0 Å². The summed E-state index contributed by atoms with van der Waals surface area (Å²) in [6.07, 6.45) is 4.10. The molecule has 0 heterocycles. The summed E-state index contributed by atoms with van der Waals surface area (Å²) in [5, 5.41) is 6.16. The van der Waals surface area contributed by atoms with E-state index < -0.39 is 0 Å². The van der Waals surface area contributed by atoms with Crippen LogP contribution in [0.2, 0.25) is 5.02 Å². The van der Waals surface area contributed by atoms with Gasteiger partial charge in [0.15, 0.2) is 0 Å². The molecule has 0 saturated carbocycles. The van der Waals surface area contributed by atoms with Crippen molar-refractivity contribution in [2.45, 2.75) is 6.42 Å². The van der Waals surface area contributed by atoms with Crippen molar-refractivity contribution in [1.29, 1.82) is 0 Å². The summed E-state index contributed by atoms with van der Waals surface area (Å²) >= 11 is 5.92. The minimum Gasteiger partial charge on any atom is -0.496 e. The molecular formula is C18H19ClN2O2. The van der Waals surface area contributed by atoms with E-state index in [1.165, 1.54) is 0 Å². The molecule has 0 aliphatic carbocycles. The Hall–Kier alpha value is -2.46. The van der Waals surface area contributed by atoms with Crippen molar-refractivity contribution in [2.24, 2.45) is 0 Å². The van der Waals surface area contributed by atoms with Crippen LogP contribution in [0.3, 0.4) is 0 Å². The van der Waals surface area contributed by atoms with Crippen molar-refractivity contribution in [1.82, 2.24) is 10.6 Å². The Morgan fingerprint density at radius 3 is 2.83 bits per heavy atom. The van der Waals surface area contributed by atoms with Crippen LogP contribution in [0, 0.1) is 0 Å². The standard InChI is InChI=1S/C18H19ClN2O2/c1-23-17-8-3-2-6-15(17)10-12-21-18(22)20-11-9-14-5-4-7-16(19)13-14/h2-8,10,12-13H,9,11H2,1H3,(H2,20,21,22)/b12-10+. The largest absolute Gasteiger partial charge is 0.496 e. The van der Waals surface area contributed by atoms with E-state index in [1.54, 1.807) is 19.4 Å². The van der Waals surface area contributed by atoms with E-state index in [4.69, 9.17) is 16.3 Å². The van der Waals surface area contributed by atoms with Crippen molar-refractivity contribution in [3.8, 4) is 5.75 Å². The summed E-state index contributed by atoms with van der Waals surface area (Å²) in [6, 6.07) is 14.9. The molecule has 0 aliphatic heterocycles. The highest BCUT2D eigenvalue weighted by Gasteiger charge is 1.99. The first-order valence-corrected chi connectivity index (χ1v) is 7.65. The number of ether oxygens (including phenoxy) is 1. The zero-order valence-corrected chi connectivity index (χ0v) is 13.6. The van der Waals surface area contributed by atoms with Crippen molar-refractivity contribution < 1.29 is 9.53 Å². The lowest BCUT2D eigenvalue weighted by Gasteiger charge is -2.06. The predicted octanol–water partition coefficient (Wildman–Crippen LogP) is 3.86. The second kappa shape index (κ2) is 8.86. The summed E-state index contributed by atoms with van der Waals surface area (Å²) in [7, 11) is 1.61. The Kier molecular flexibility index (Phi) is 6.51. The molecule has 2 aromatic rings. The zero-order valence-electron chi connectivity index (χ0n) is 12.9. The Morgan fingerprint density at radius 1 is 1.22 bits per heavy atom. The van der Waals surface area contributed by atoms with E-state index in [0.29, 0.717) is 11.6 Å². The molecule has 0 atom stereocenters. The van der Waals surface area contributed by atoms with Gasteiger partial charge >= 0.3 is 6.03 Å². The van der Waals surface area contributed by atoms with Crippen LogP contribution in [-0.2, 0) is 6.42 Å². The maximum absolute atomic E-state index is 11.7. The monoisotopic (exact) mass is 330 g/mol. The number of carbonyl (C=O) groups is 1. The van der Waals surface area contributed by atoms with E-state index in [0.717, 1.165) is 23.3 Å². The Bertz CT molecular complexity index is 686. The third kappa shape index (κ3) is 5.68. The molecule has 2 rings (SSSR count). The van der Waals surface area contributed by atoms with E-state index in [2.05, 4.69) is 10.6 Å². The number of rotatable bonds is 6. The number of halogens is 1. The lowest BCUT2D eigenvalue weighted by Crippen LogP contribution is -2.33. The molecule has 0 radical (unpaired) electrons. The van der Waals surface area contributed by atoms with Gasteiger partial charge in [-0.1, -0.05) is 41.9 Å².